The molecule has 4 heteroatoms. The van der Waals surface area contributed by atoms with E-state index in [9.17, 15) is 0 Å². The molecule has 0 amide bonds. The SMILES string of the molecule is COCCOCCOC(C)CNC(C)(C)C. The van der Waals surface area contributed by atoms with Crippen molar-refractivity contribution in [3.05, 3.63) is 0 Å². The molecule has 0 aliphatic rings. The molecule has 1 N–H and O–H groups in total. The minimum atomic E-state index is 0.145. The van der Waals surface area contributed by atoms with Crippen molar-refractivity contribution in [2.45, 2.75) is 39.3 Å². The minimum absolute atomic E-state index is 0.145. The third-order valence-corrected chi connectivity index (χ3v) is 1.98. The summed E-state index contributed by atoms with van der Waals surface area (Å²) in [5.74, 6) is 0. The Labute approximate surface area is 99.6 Å². The molecule has 4 nitrogen and oxygen atoms in total. The van der Waals surface area contributed by atoms with Crippen LogP contribution < -0.4 is 5.32 Å². The van der Waals surface area contributed by atoms with Crippen molar-refractivity contribution in [3.63, 3.8) is 0 Å². The van der Waals surface area contributed by atoms with Crippen LogP contribution in [-0.4, -0.2) is 51.7 Å². The number of ether oxygens (including phenoxy) is 3. The summed E-state index contributed by atoms with van der Waals surface area (Å²) in [7, 11) is 1.67. The largest absolute Gasteiger partial charge is 0.382 e. The highest BCUT2D eigenvalue weighted by molar-refractivity contribution is 4.71. The van der Waals surface area contributed by atoms with Gasteiger partial charge in [-0.1, -0.05) is 0 Å². The molecule has 0 bridgehead atoms. The number of methoxy groups -OCH3 is 1. The molecule has 0 radical (unpaired) electrons. The summed E-state index contributed by atoms with van der Waals surface area (Å²) in [6.07, 6.45) is 0.213. The van der Waals surface area contributed by atoms with Crippen LogP contribution in [0.4, 0.5) is 0 Å². The van der Waals surface area contributed by atoms with Gasteiger partial charge in [-0.05, 0) is 27.7 Å². The number of hydrogen-bond acceptors (Lipinski definition) is 4. The summed E-state index contributed by atoms with van der Waals surface area (Å²) >= 11 is 0. The summed E-state index contributed by atoms with van der Waals surface area (Å²) < 4.78 is 15.8. The van der Waals surface area contributed by atoms with Crippen LogP contribution >= 0.6 is 0 Å². The Morgan fingerprint density at radius 2 is 1.69 bits per heavy atom. The molecule has 0 aliphatic heterocycles. The van der Waals surface area contributed by atoms with Crippen molar-refractivity contribution >= 4 is 0 Å². The second kappa shape index (κ2) is 8.93. The highest BCUT2D eigenvalue weighted by Crippen LogP contribution is 1.99. The number of nitrogens with one attached hydrogen (secondary N) is 1. The molecule has 0 aromatic carbocycles. The van der Waals surface area contributed by atoms with E-state index in [1.807, 2.05) is 0 Å². The van der Waals surface area contributed by atoms with E-state index in [4.69, 9.17) is 14.2 Å². The molecule has 0 aromatic heterocycles. The lowest BCUT2D eigenvalue weighted by Gasteiger charge is -2.23. The normalized spacial score (nSPS) is 14.1. The fourth-order valence-corrected chi connectivity index (χ4v) is 1.06. The first-order valence-corrected chi connectivity index (χ1v) is 5.89. The van der Waals surface area contributed by atoms with Gasteiger partial charge in [0.05, 0.1) is 32.5 Å². The zero-order valence-electron chi connectivity index (χ0n) is 11.3. The molecular weight excluding hydrogens is 206 g/mol. The smallest absolute Gasteiger partial charge is 0.0704 e. The minimum Gasteiger partial charge on any atom is -0.382 e. The van der Waals surface area contributed by atoms with Crippen LogP contribution in [0.25, 0.3) is 0 Å². The Kier molecular flexibility index (Phi) is 8.84. The third kappa shape index (κ3) is 11.9. The standard InChI is InChI=1S/C12H27NO3/c1-11(10-13-12(2,3)4)16-9-8-15-7-6-14-5/h11,13H,6-10H2,1-5H3. The molecule has 0 fully saturated rings. The Morgan fingerprint density at radius 1 is 1.06 bits per heavy atom. The second-order valence-corrected chi connectivity index (χ2v) is 4.92. The van der Waals surface area contributed by atoms with Crippen LogP contribution in [-0.2, 0) is 14.2 Å². The van der Waals surface area contributed by atoms with E-state index < -0.39 is 0 Å². The Bertz CT molecular complexity index is 157. The summed E-state index contributed by atoms with van der Waals surface area (Å²) in [6, 6.07) is 0. The lowest BCUT2D eigenvalue weighted by Crippen LogP contribution is -2.41. The van der Waals surface area contributed by atoms with E-state index in [0.29, 0.717) is 26.4 Å². The zero-order valence-corrected chi connectivity index (χ0v) is 11.3. The van der Waals surface area contributed by atoms with Gasteiger partial charge in [-0.3, -0.25) is 0 Å². The van der Waals surface area contributed by atoms with E-state index in [-0.39, 0.29) is 11.6 Å². The monoisotopic (exact) mass is 233 g/mol. The summed E-state index contributed by atoms with van der Waals surface area (Å²) in [4.78, 5) is 0. The van der Waals surface area contributed by atoms with Crippen LogP contribution in [0.2, 0.25) is 0 Å². The lowest BCUT2D eigenvalue weighted by molar-refractivity contribution is -0.00141. The van der Waals surface area contributed by atoms with E-state index in [0.717, 1.165) is 6.54 Å². The molecule has 1 atom stereocenters. The van der Waals surface area contributed by atoms with Crippen LogP contribution in [0.1, 0.15) is 27.7 Å². The van der Waals surface area contributed by atoms with Crippen LogP contribution in [0.5, 0.6) is 0 Å². The molecule has 0 aromatic rings. The van der Waals surface area contributed by atoms with Crippen molar-refractivity contribution in [1.29, 1.82) is 0 Å². The molecule has 0 rings (SSSR count). The predicted molar refractivity (Wildman–Crippen MR) is 65.9 cm³/mol. The first kappa shape index (κ1) is 15.8. The molecule has 0 spiro atoms. The van der Waals surface area contributed by atoms with Crippen molar-refractivity contribution < 1.29 is 14.2 Å². The second-order valence-electron chi connectivity index (χ2n) is 4.92. The maximum absolute atomic E-state index is 5.59. The lowest BCUT2D eigenvalue weighted by atomic mass is 10.1. The molecule has 98 valence electrons. The van der Waals surface area contributed by atoms with E-state index in [1.54, 1.807) is 7.11 Å². The molecule has 0 aliphatic carbocycles. The first-order valence-electron chi connectivity index (χ1n) is 5.89. The van der Waals surface area contributed by atoms with Crippen LogP contribution in [0.3, 0.4) is 0 Å². The van der Waals surface area contributed by atoms with Gasteiger partial charge in [-0.25, -0.2) is 0 Å². The van der Waals surface area contributed by atoms with Crippen molar-refractivity contribution in [3.8, 4) is 0 Å². The number of rotatable bonds is 9. The predicted octanol–water partition coefficient (Wildman–Crippen LogP) is 1.44. The highest BCUT2D eigenvalue weighted by atomic mass is 16.5. The Balaban J connectivity index is 3.27. The van der Waals surface area contributed by atoms with Gasteiger partial charge < -0.3 is 19.5 Å². The van der Waals surface area contributed by atoms with E-state index in [2.05, 4.69) is 33.0 Å². The average molecular weight is 233 g/mol. The molecule has 0 saturated carbocycles. The molecule has 16 heavy (non-hydrogen) atoms. The fraction of sp³-hybridized carbons (Fsp3) is 1.00. The van der Waals surface area contributed by atoms with Gasteiger partial charge in [0.2, 0.25) is 0 Å². The quantitative estimate of drug-likeness (QED) is 0.612. The van der Waals surface area contributed by atoms with Crippen LogP contribution in [0.15, 0.2) is 0 Å². The summed E-state index contributed by atoms with van der Waals surface area (Å²) in [5, 5.41) is 3.40. The maximum Gasteiger partial charge on any atom is 0.0704 e. The van der Waals surface area contributed by atoms with E-state index >= 15 is 0 Å². The van der Waals surface area contributed by atoms with Crippen molar-refractivity contribution in [1.82, 2.24) is 5.32 Å². The van der Waals surface area contributed by atoms with Gasteiger partial charge >= 0.3 is 0 Å². The number of hydrogen-bond donors (Lipinski definition) is 1. The van der Waals surface area contributed by atoms with Gasteiger partial charge in [-0.15, -0.1) is 0 Å². The molecular formula is C12H27NO3. The van der Waals surface area contributed by atoms with Crippen LogP contribution in [0, 0.1) is 0 Å². The maximum atomic E-state index is 5.59. The zero-order chi connectivity index (χ0) is 12.4. The van der Waals surface area contributed by atoms with Gasteiger partial charge in [-0.2, -0.15) is 0 Å². The Morgan fingerprint density at radius 3 is 2.25 bits per heavy atom. The Hall–Kier alpha value is -0.160. The third-order valence-electron chi connectivity index (χ3n) is 1.98. The average Bonchev–Trinajstić information content (AvgIpc) is 2.19. The topological polar surface area (TPSA) is 39.7 Å². The van der Waals surface area contributed by atoms with Gasteiger partial charge in [0, 0.05) is 19.2 Å². The molecule has 0 saturated heterocycles. The van der Waals surface area contributed by atoms with Crippen molar-refractivity contribution in [2.75, 3.05) is 40.1 Å². The van der Waals surface area contributed by atoms with Gasteiger partial charge in [0.25, 0.3) is 0 Å². The molecule has 1 unspecified atom stereocenters. The summed E-state index contributed by atoms with van der Waals surface area (Å²) in [5.41, 5.74) is 0.145. The van der Waals surface area contributed by atoms with Gasteiger partial charge in [0.1, 0.15) is 0 Å². The van der Waals surface area contributed by atoms with E-state index in [1.165, 1.54) is 0 Å². The molecule has 0 heterocycles. The van der Waals surface area contributed by atoms with Gasteiger partial charge in [0.15, 0.2) is 0 Å². The van der Waals surface area contributed by atoms with Crippen molar-refractivity contribution in [2.24, 2.45) is 0 Å². The summed E-state index contributed by atoms with van der Waals surface area (Å²) in [6.45, 7) is 11.9. The first-order chi connectivity index (χ1) is 7.45. The fourth-order valence-electron chi connectivity index (χ4n) is 1.06. The highest BCUT2D eigenvalue weighted by Gasteiger charge is 2.10.